The van der Waals surface area contributed by atoms with E-state index in [1.54, 1.807) is 31.4 Å². The van der Waals surface area contributed by atoms with Gasteiger partial charge < -0.3 is 20.1 Å². The van der Waals surface area contributed by atoms with Gasteiger partial charge in [0.25, 0.3) is 0 Å². The topological polar surface area (TPSA) is 67.8 Å². The van der Waals surface area contributed by atoms with Crippen LogP contribution in [0.5, 0.6) is 11.6 Å². The van der Waals surface area contributed by atoms with Crippen LogP contribution >= 0.6 is 24.0 Å². The first-order valence-electron chi connectivity index (χ1n) is 9.73. The number of nitrogens with zero attached hydrogens (tertiary/aromatic N) is 2. The van der Waals surface area contributed by atoms with Crippen LogP contribution in [0.3, 0.4) is 0 Å². The Balaban J connectivity index is 0.00000320. The van der Waals surface area contributed by atoms with Crippen molar-refractivity contribution in [3.8, 4) is 11.6 Å². The summed E-state index contributed by atoms with van der Waals surface area (Å²) in [5.41, 5.74) is 1.60. The minimum absolute atomic E-state index is 0. The number of hydrogen-bond acceptors (Lipinski definition) is 4. The van der Waals surface area contributed by atoms with Gasteiger partial charge in [0.2, 0.25) is 5.88 Å². The van der Waals surface area contributed by atoms with Crippen LogP contribution in [0.25, 0.3) is 0 Å². The van der Waals surface area contributed by atoms with Crippen molar-refractivity contribution in [3.63, 3.8) is 0 Å². The molecule has 1 aromatic carbocycles. The van der Waals surface area contributed by atoms with Gasteiger partial charge in [0.05, 0.1) is 0 Å². The molecule has 0 radical (unpaired) electrons. The molecule has 1 aromatic heterocycles. The fourth-order valence-corrected chi connectivity index (χ4v) is 3.21. The highest BCUT2D eigenvalue weighted by molar-refractivity contribution is 14.0. The third-order valence-corrected chi connectivity index (χ3v) is 4.71. The Morgan fingerprint density at radius 1 is 1.13 bits per heavy atom. The second kappa shape index (κ2) is 12.5. The van der Waals surface area contributed by atoms with Gasteiger partial charge in [-0.1, -0.05) is 24.3 Å². The first kappa shape index (κ1) is 24.1. The molecule has 0 unspecified atom stereocenters. The molecule has 0 aliphatic heterocycles. The number of guanidine groups is 1. The average Bonchev–Trinajstić information content (AvgIpc) is 3.23. The lowest BCUT2D eigenvalue weighted by Crippen LogP contribution is -2.36. The molecule has 6 nitrogen and oxygen atoms in total. The summed E-state index contributed by atoms with van der Waals surface area (Å²) in [5.74, 6) is 1.34. The lowest BCUT2D eigenvalue weighted by Gasteiger charge is -2.15. The zero-order valence-corrected chi connectivity index (χ0v) is 19.1. The van der Waals surface area contributed by atoms with Crippen LogP contribution in [0.4, 0.5) is 8.78 Å². The van der Waals surface area contributed by atoms with Crippen molar-refractivity contribution in [2.24, 2.45) is 4.99 Å². The smallest absolute Gasteiger partial charge is 0.387 e. The predicted molar refractivity (Wildman–Crippen MR) is 123 cm³/mol. The van der Waals surface area contributed by atoms with Gasteiger partial charge in [-0.3, -0.25) is 4.99 Å². The van der Waals surface area contributed by atoms with E-state index in [2.05, 4.69) is 25.3 Å². The molecular formula is C21H27F2IN4O2. The number of hydrogen-bond donors (Lipinski definition) is 2. The summed E-state index contributed by atoms with van der Waals surface area (Å²) in [5, 5.41) is 6.28. The molecule has 0 amide bonds. The highest BCUT2D eigenvalue weighted by Crippen LogP contribution is 2.23. The Bertz CT molecular complexity index is 800. The molecule has 0 saturated heterocycles. The molecule has 1 heterocycles. The molecule has 164 valence electrons. The van der Waals surface area contributed by atoms with Crippen molar-refractivity contribution in [2.75, 3.05) is 7.05 Å². The van der Waals surface area contributed by atoms with E-state index in [9.17, 15) is 8.78 Å². The number of ether oxygens (including phenoxy) is 2. The fraction of sp³-hybridized carbons (Fsp3) is 0.429. The molecule has 3 rings (SSSR count). The van der Waals surface area contributed by atoms with E-state index in [4.69, 9.17) is 4.74 Å². The summed E-state index contributed by atoms with van der Waals surface area (Å²) in [4.78, 5) is 8.52. The van der Waals surface area contributed by atoms with Gasteiger partial charge in [0.1, 0.15) is 11.9 Å². The molecule has 9 heteroatoms. The van der Waals surface area contributed by atoms with E-state index in [1.165, 1.54) is 18.9 Å². The third-order valence-electron chi connectivity index (χ3n) is 4.71. The number of alkyl halides is 2. The normalized spacial score (nSPS) is 14.3. The minimum atomic E-state index is -2.86. The maximum Gasteiger partial charge on any atom is 0.387 e. The van der Waals surface area contributed by atoms with E-state index in [0.717, 1.165) is 18.4 Å². The zero-order valence-electron chi connectivity index (χ0n) is 16.8. The van der Waals surface area contributed by atoms with Gasteiger partial charge in [0.15, 0.2) is 5.96 Å². The van der Waals surface area contributed by atoms with Gasteiger partial charge in [-0.05, 0) is 37.3 Å². The second-order valence-electron chi connectivity index (χ2n) is 6.79. The van der Waals surface area contributed by atoms with Gasteiger partial charge in [0, 0.05) is 38.0 Å². The molecule has 1 aliphatic rings. The third kappa shape index (κ3) is 7.58. The Morgan fingerprint density at radius 3 is 2.53 bits per heavy atom. The SMILES string of the molecule is CN=C(NCc1ccc(OC2CCCC2)nc1)NCc1ccccc1OC(F)F.I. The summed E-state index contributed by atoms with van der Waals surface area (Å²) < 4.78 is 35.5. The van der Waals surface area contributed by atoms with Crippen LogP contribution < -0.4 is 20.1 Å². The van der Waals surface area contributed by atoms with Crippen molar-refractivity contribution in [3.05, 3.63) is 53.7 Å². The highest BCUT2D eigenvalue weighted by Gasteiger charge is 2.16. The largest absolute Gasteiger partial charge is 0.474 e. The first-order chi connectivity index (χ1) is 14.1. The lowest BCUT2D eigenvalue weighted by atomic mass is 10.2. The van der Waals surface area contributed by atoms with Crippen LogP contribution in [-0.4, -0.2) is 30.7 Å². The maximum absolute atomic E-state index is 12.5. The molecule has 2 aromatic rings. The number of halogens is 3. The van der Waals surface area contributed by atoms with E-state index >= 15 is 0 Å². The summed E-state index contributed by atoms with van der Waals surface area (Å²) in [6.07, 6.45) is 6.69. The van der Waals surface area contributed by atoms with E-state index in [0.29, 0.717) is 30.5 Å². The number of benzene rings is 1. The van der Waals surface area contributed by atoms with Crippen molar-refractivity contribution in [2.45, 2.75) is 51.5 Å². The summed E-state index contributed by atoms with van der Waals surface area (Å²) >= 11 is 0. The number of rotatable bonds is 8. The fourth-order valence-electron chi connectivity index (χ4n) is 3.21. The Hall–Kier alpha value is -2.17. The van der Waals surface area contributed by atoms with E-state index < -0.39 is 6.61 Å². The lowest BCUT2D eigenvalue weighted by molar-refractivity contribution is -0.0504. The van der Waals surface area contributed by atoms with Crippen molar-refractivity contribution < 1.29 is 18.3 Å². The van der Waals surface area contributed by atoms with Crippen LogP contribution in [0.1, 0.15) is 36.8 Å². The minimum Gasteiger partial charge on any atom is -0.474 e. The second-order valence-corrected chi connectivity index (χ2v) is 6.79. The van der Waals surface area contributed by atoms with Crippen molar-refractivity contribution in [1.29, 1.82) is 0 Å². The van der Waals surface area contributed by atoms with Crippen LogP contribution in [0, 0.1) is 0 Å². The molecule has 2 N–H and O–H groups in total. The molecule has 30 heavy (non-hydrogen) atoms. The molecule has 0 spiro atoms. The summed E-state index contributed by atoms with van der Waals surface area (Å²) in [6, 6.07) is 10.5. The van der Waals surface area contributed by atoms with E-state index in [1.807, 2.05) is 12.1 Å². The molecule has 1 aliphatic carbocycles. The van der Waals surface area contributed by atoms with Gasteiger partial charge >= 0.3 is 6.61 Å². The Labute approximate surface area is 192 Å². The van der Waals surface area contributed by atoms with Gasteiger partial charge in [-0.25, -0.2) is 4.98 Å². The standard InChI is InChI=1S/C21H26F2N4O2.HI/c1-24-21(27-14-16-6-2-5-9-18(16)29-20(22)23)26-13-15-10-11-19(25-12-15)28-17-7-3-4-8-17;/h2,5-6,9-12,17,20H,3-4,7-8,13-14H2,1H3,(H2,24,26,27);1H. The molecule has 0 bridgehead atoms. The Kier molecular flexibility index (Phi) is 10.0. The average molecular weight is 532 g/mol. The van der Waals surface area contributed by atoms with Crippen molar-refractivity contribution >= 4 is 29.9 Å². The van der Waals surface area contributed by atoms with Crippen LogP contribution in [0.15, 0.2) is 47.6 Å². The number of para-hydroxylation sites is 1. The molecule has 1 saturated carbocycles. The van der Waals surface area contributed by atoms with Crippen LogP contribution in [0.2, 0.25) is 0 Å². The first-order valence-corrected chi connectivity index (χ1v) is 9.73. The summed E-state index contributed by atoms with van der Waals surface area (Å²) in [7, 11) is 1.65. The summed E-state index contributed by atoms with van der Waals surface area (Å²) in [6.45, 7) is -2.04. The quantitative estimate of drug-likeness (QED) is 0.298. The number of pyridine rings is 1. The Morgan fingerprint density at radius 2 is 1.87 bits per heavy atom. The van der Waals surface area contributed by atoms with Gasteiger partial charge in [-0.2, -0.15) is 8.78 Å². The zero-order chi connectivity index (χ0) is 20.5. The number of aliphatic imine (C=N–C) groups is 1. The predicted octanol–water partition coefficient (Wildman–Crippen LogP) is 4.49. The molecule has 1 fully saturated rings. The molecule has 0 atom stereocenters. The number of nitrogens with one attached hydrogen (secondary N) is 2. The highest BCUT2D eigenvalue weighted by atomic mass is 127. The van der Waals surface area contributed by atoms with E-state index in [-0.39, 0.29) is 35.8 Å². The number of aromatic nitrogens is 1. The monoisotopic (exact) mass is 532 g/mol. The van der Waals surface area contributed by atoms with Gasteiger partial charge in [-0.15, -0.1) is 24.0 Å². The van der Waals surface area contributed by atoms with Crippen LogP contribution in [-0.2, 0) is 13.1 Å². The molecular weight excluding hydrogens is 505 g/mol. The van der Waals surface area contributed by atoms with Crippen molar-refractivity contribution in [1.82, 2.24) is 15.6 Å². The maximum atomic E-state index is 12.5.